The zero-order valence-corrected chi connectivity index (χ0v) is 20.5. The molecule has 2 amide bonds. The van der Waals surface area contributed by atoms with Crippen molar-refractivity contribution < 1.29 is 33.3 Å². The minimum atomic E-state index is -0.153. The van der Waals surface area contributed by atoms with Gasteiger partial charge >= 0.3 is 0 Å². The number of methoxy groups -OCH3 is 4. The molecule has 0 atom stereocenters. The molecule has 0 N–H and O–H groups in total. The Labute approximate surface area is 204 Å². The van der Waals surface area contributed by atoms with Gasteiger partial charge in [-0.2, -0.15) is 0 Å². The Morgan fingerprint density at radius 2 is 1.43 bits per heavy atom. The van der Waals surface area contributed by atoms with Crippen molar-refractivity contribution in [3.8, 4) is 28.7 Å². The Kier molecular flexibility index (Phi) is 7.33. The zero-order valence-electron chi connectivity index (χ0n) is 20.5. The van der Waals surface area contributed by atoms with E-state index in [1.807, 2.05) is 24.3 Å². The Balaban J connectivity index is 1.45. The molecule has 2 aromatic carbocycles. The largest absolute Gasteiger partial charge is 0.497 e. The molecule has 35 heavy (non-hydrogen) atoms. The standard InChI is InChI=1S/C26H30N2O7/c1-31-20-5-6-21-18(14-20)13-17(7-12-35-21)25(29)27-8-10-28(11-9-27)26(30)19-15-22(32-2)24(34-4)23(16-19)33-3/h5-6,13-16H,7-12H2,1-4H3. The molecule has 0 saturated carbocycles. The summed E-state index contributed by atoms with van der Waals surface area (Å²) in [5.41, 5.74) is 1.94. The number of nitrogens with zero attached hydrogens (tertiary/aromatic N) is 2. The van der Waals surface area contributed by atoms with Crippen LogP contribution in [0.4, 0.5) is 0 Å². The molecule has 9 nitrogen and oxygen atoms in total. The summed E-state index contributed by atoms with van der Waals surface area (Å²) >= 11 is 0. The fourth-order valence-electron chi connectivity index (χ4n) is 4.30. The molecule has 1 fully saturated rings. The average Bonchev–Trinajstić information content (AvgIpc) is 3.13. The molecule has 0 radical (unpaired) electrons. The first-order valence-corrected chi connectivity index (χ1v) is 11.4. The van der Waals surface area contributed by atoms with E-state index in [9.17, 15) is 9.59 Å². The molecule has 2 heterocycles. The number of amides is 2. The van der Waals surface area contributed by atoms with Crippen molar-refractivity contribution in [1.82, 2.24) is 9.80 Å². The first-order valence-electron chi connectivity index (χ1n) is 11.4. The minimum Gasteiger partial charge on any atom is -0.497 e. The molecule has 2 aliphatic heterocycles. The van der Waals surface area contributed by atoms with Gasteiger partial charge in [-0.1, -0.05) is 0 Å². The Morgan fingerprint density at radius 3 is 2.00 bits per heavy atom. The number of rotatable bonds is 6. The van der Waals surface area contributed by atoms with Gasteiger partial charge in [0.2, 0.25) is 11.7 Å². The Morgan fingerprint density at radius 1 is 0.800 bits per heavy atom. The van der Waals surface area contributed by atoms with Crippen LogP contribution >= 0.6 is 0 Å². The molecule has 0 aromatic heterocycles. The van der Waals surface area contributed by atoms with Gasteiger partial charge in [-0.3, -0.25) is 9.59 Å². The van der Waals surface area contributed by atoms with Crippen LogP contribution in [0.3, 0.4) is 0 Å². The number of fused-ring (bicyclic) bond motifs is 1. The first-order chi connectivity index (χ1) is 17.0. The van der Waals surface area contributed by atoms with Crippen LogP contribution in [-0.2, 0) is 4.79 Å². The van der Waals surface area contributed by atoms with Crippen LogP contribution < -0.4 is 23.7 Å². The molecule has 0 bridgehead atoms. The van der Waals surface area contributed by atoms with Crippen molar-refractivity contribution in [3.63, 3.8) is 0 Å². The van der Waals surface area contributed by atoms with Crippen LogP contribution in [0.5, 0.6) is 28.7 Å². The van der Waals surface area contributed by atoms with Gasteiger partial charge in [0.05, 0.1) is 35.0 Å². The highest BCUT2D eigenvalue weighted by Crippen LogP contribution is 2.38. The number of hydrogen-bond donors (Lipinski definition) is 0. The van der Waals surface area contributed by atoms with Crippen molar-refractivity contribution in [3.05, 3.63) is 47.0 Å². The van der Waals surface area contributed by atoms with Crippen molar-refractivity contribution in [2.75, 3.05) is 61.2 Å². The van der Waals surface area contributed by atoms with Gasteiger partial charge in [0.15, 0.2) is 11.5 Å². The maximum Gasteiger partial charge on any atom is 0.254 e. The van der Waals surface area contributed by atoms with Crippen LogP contribution in [-0.4, -0.2) is 82.8 Å². The van der Waals surface area contributed by atoms with Crippen LogP contribution in [0.1, 0.15) is 22.3 Å². The molecular formula is C26H30N2O7. The predicted molar refractivity (Wildman–Crippen MR) is 130 cm³/mol. The summed E-state index contributed by atoms with van der Waals surface area (Å²) in [6.45, 7) is 2.16. The summed E-state index contributed by atoms with van der Waals surface area (Å²) < 4.78 is 27.2. The topological polar surface area (TPSA) is 86.8 Å². The Bertz CT molecular complexity index is 1110. The van der Waals surface area contributed by atoms with Gasteiger partial charge in [0.1, 0.15) is 11.5 Å². The second-order valence-electron chi connectivity index (χ2n) is 8.17. The highest BCUT2D eigenvalue weighted by Gasteiger charge is 2.28. The zero-order chi connectivity index (χ0) is 24.9. The minimum absolute atomic E-state index is 0.0378. The SMILES string of the molecule is COc1ccc2c(c1)C=C(C(=O)N1CCN(C(=O)c3cc(OC)c(OC)c(OC)c3)CC1)CCO2. The number of carbonyl (C=O) groups is 2. The van der Waals surface area contributed by atoms with Crippen molar-refractivity contribution >= 4 is 17.9 Å². The summed E-state index contributed by atoms with van der Waals surface area (Å²) in [5.74, 6) is 2.52. The lowest BCUT2D eigenvalue weighted by atomic mass is 10.1. The van der Waals surface area contributed by atoms with Gasteiger partial charge in [-0.25, -0.2) is 0 Å². The molecule has 0 unspecified atom stereocenters. The van der Waals surface area contributed by atoms with E-state index in [4.69, 9.17) is 23.7 Å². The van der Waals surface area contributed by atoms with Crippen molar-refractivity contribution in [2.45, 2.75) is 6.42 Å². The predicted octanol–water partition coefficient (Wildman–Crippen LogP) is 2.87. The maximum atomic E-state index is 13.3. The third kappa shape index (κ3) is 4.99. The smallest absolute Gasteiger partial charge is 0.254 e. The van der Waals surface area contributed by atoms with Crippen LogP contribution in [0.25, 0.3) is 6.08 Å². The summed E-state index contributed by atoms with van der Waals surface area (Å²) in [5, 5.41) is 0. The lowest BCUT2D eigenvalue weighted by Gasteiger charge is -2.35. The second kappa shape index (κ2) is 10.6. The van der Waals surface area contributed by atoms with Gasteiger partial charge in [0, 0.05) is 49.3 Å². The molecule has 0 aliphatic carbocycles. The molecule has 0 spiro atoms. The van der Waals surface area contributed by atoms with Gasteiger partial charge in [-0.05, 0) is 36.4 Å². The van der Waals surface area contributed by atoms with E-state index in [1.165, 1.54) is 21.3 Å². The average molecular weight is 483 g/mol. The van der Waals surface area contributed by atoms with E-state index in [1.54, 1.807) is 29.0 Å². The molecule has 2 aromatic rings. The fraction of sp³-hybridized carbons (Fsp3) is 0.385. The lowest BCUT2D eigenvalue weighted by Crippen LogP contribution is -2.51. The van der Waals surface area contributed by atoms with E-state index in [-0.39, 0.29) is 11.8 Å². The molecule has 186 valence electrons. The third-order valence-corrected chi connectivity index (χ3v) is 6.22. The monoisotopic (exact) mass is 482 g/mol. The molecule has 2 aliphatic rings. The first kappa shape index (κ1) is 24.3. The number of ether oxygens (including phenoxy) is 5. The highest BCUT2D eigenvalue weighted by atomic mass is 16.5. The number of benzene rings is 2. The lowest BCUT2D eigenvalue weighted by molar-refractivity contribution is -0.128. The van der Waals surface area contributed by atoms with Crippen LogP contribution in [0, 0.1) is 0 Å². The second-order valence-corrected chi connectivity index (χ2v) is 8.17. The van der Waals surface area contributed by atoms with E-state index < -0.39 is 0 Å². The van der Waals surface area contributed by atoms with Gasteiger partial charge in [-0.15, -0.1) is 0 Å². The molecular weight excluding hydrogens is 452 g/mol. The van der Waals surface area contributed by atoms with Crippen LogP contribution in [0.2, 0.25) is 0 Å². The molecule has 9 heteroatoms. The normalized spacial score (nSPS) is 15.3. The van der Waals surface area contributed by atoms with E-state index >= 15 is 0 Å². The highest BCUT2D eigenvalue weighted by molar-refractivity contribution is 5.99. The summed E-state index contributed by atoms with van der Waals surface area (Å²) in [7, 11) is 6.15. The van der Waals surface area contributed by atoms with Gasteiger partial charge < -0.3 is 33.5 Å². The quantitative estimate of drug-likeness (QED) is 0.626. The fourth-order valence-corrected chi connectivity index (χ4v) is 4.30. The van der Waals surface area contributed by atoms with Crippen molar-refractivity contribution in [2.24, 2.45) is 0 Å². The number of piperazine rings is 1. The third-order valence-electron chi connectivity index (χ3n) is 6.22. The van der Waals surface area contributed by atoms with Gasteiger partial charge in [0.25, 0.3) is 5.91 Å². The van der Waals surface area contributed by atoms with E-state index in [2.05, 4.69) is 0 Å². The molecule has 1 saturated heterocycles. The van der Waals surface area contributed by atoms with E-state index in [0.717, 1.165) is 11.3 Å². The van der Waals surface area contributed by atoms with E-state index in [0.29, 0.717) is 73.3 Å². The number of carbonyl (C=O) groups excluding carboxylic acids is 2. The Hall–Kier alpha value is -3.88. The van der Waals surface area contributed by atoms with Crippen molar-refractivity contribution in [1.29, 1.82) is 0 Å². The summed E-state index contributed by atoms with van der Waals surface area (Å²) in [4.78, 5) is 30.0. The maximum absolute atomic E-state index is 13.3. The summed E-state index contributed by atoms with van der Waals surface area (Å²) in [6, 6.07) is 8.84. The summed E-state index contributed by atoms with van der Waals surface area (Å²) in [6.07, 6.45) is 2.39. The molecule has 4 rings (SSSR count). The number of hydrogen-bond acceptors (Lipinski definition) is 7. The van der Waals surface area contributed by atoms with Crippen LogP contribution in [0.15, 0.2) is 35.9 Å².